The van der Waals surface area contributed by atoms with Crippen molar-refractivity contribution in [3.8, 4) is 11.8 Å². The lowest BCUT2D eigenvalue weighted by molar-refractivity contribution is 0.303. The van der Waals surface area contributed by atoms with Crippen molar-refractivity contribution in [2.45, 2.75) is 18.9 Å². The number of nitriles is 1. The van der Waals surface area contributed by atoms with Crippen LogP contribution in [0.25, 0.3) is 0 Å². The SMILES string of the molecule is CS(=O)(=O)Nc1cc(OC2CC2)ccc1C#N. The van der Waals surface area contributed by atoms with Crippen molar-refractivity contribution in [3.63, 3.8) is 0 Å². The van der Waals surface area contributed by atoms with Gasteiger partial charge in [-0.25, -0.2) is 8.42 Å². The minimum atomic E-state index is -3.40. The molecular formula is C11H12N2O3S. The zero-order valence-electron chi connectivity index (χ0n) is 9.30. The number of sulfonamides is 1. The minimum absolute atomic E-state index is 0.231. The number of rotatable bonds is 4. The van der Waals surface area contributed by atoms with Crippen molar-refractivity contribution in [3.05, 3.63) is 23.8 Å². The van der Waals surface area contributed by atoms with E-state index in [1.54, 1.807) is 12.1 Å². The molecule has 0 bridgehead atoms. The Bertz CT molecular complexity index is 571. The quantitative estimate of drug-likeness (QED) is 0.880. The van der Waals surface area contributed by atoms with Crippen LogP contribution in [0.4, 0.5) is 5.69 Å². The van der Waals surface area contributed by atoms with Crippen molar-refractivity contribution in [1.29, 1.82) is 5.26 Å². The summed E-state index contributed by atoms with van der Waals surface area (Å²) in [4.78, 5) is 0. The summed E-state index contributed by atoms with van der Waals surface area (Å²) >= 11 is 0. The lowest BCUT2D eigenvalue weighted by Crippen LogP contribution is -2.11. The van der Waals surface area contributed by atoms with Crippen LogP contribution >= 0.6 is 0 Å². The molecule has 1 N–H and O–H groups in total. The largest absolute Gasteiger partial charge is 0.490 e. The molecule has 0 radical (unpaired) electrons. The second-order valence-electron chi connectivity index (χ2n) is 4.01. The van der Waals surface area contributed by atoms with Gasteiger partial charge in [0.15, 0.2) is 0 Å². The Morgan fingerprint density at radius 2 is 2.18 bits per heavy atom. The van der Waals surface area contributed by atoms with E-state index in [0.29, 0.717) is 5.75 Å². The molecule has 0 heterocycles. The molecule has 17 heavy (non-hydrogen) atoms. The van der Waals surface area contributed by atoms with Crippen LogP contribution in [-0.4, -0.2) is 20.8 Å². The first-order valence-corrected chi connectivity index (χ1v) is 7.06. The molecule has 1 aromatic rings. The highest BCUT2D eigenvalue weighted by atomic mass is 32.2. The predicted octanol–water partition coefficient (Wildman–Crippen LogP) is 1.47. The first-order chi connectivity index (χ1) is 7.98. The molecule has 0 aromatic heterocycles. The van der Waals surface area contributed by atoms with Crippen LogP contribution in [0.3, 0.4) is 0 Å². The summed E-state index contributed by atoms with van der Waals surface area (Å²) in [6.45, 7) is 0. The lowest BCUT2D eigenvalue weighted by Gasteiger charge is -2.09. The second kappa shape index (κ2) is 4.26. The highest BCUT2D eigenvalue weighted by Gasteiger charge is 2.23. The maximum atomic E-state index is 11.2. The van der Waals surface area contributed by atoms with Crippen LogP contribution in [0.1, 0.15) is 18.4 Å². The van der Waals surface area contributed by atoms with E-state index in [1.807, 2.05) is 6.07 Å². The van der Waals surface area contributed by atoms with Gasteiger partial charge in [0.1, 0.15) is 11.8 Å². The van der Waals surface area contributed by atoms with E-state index < -0.39 is 10.0 Å². The second-order valence-corrected chi connectivity index (χ2v) is 5.76. The fourth-order valence-electron chi connectivity index (χ4n) is 1.36. The highest BCUT2D eigenvalue weighted by Crippen LogP contribution is 2.29. The Labute approximate surface area is 100 Å². The molecule has 0 unspecified atom stereocenters. The van der Waals surface area contributed by atoms with Gasteiger partial charge < -0.3 is 4.74 Å². The van der Waals surface area contributed by atoms with E-state index in [2.05, 4.69) is 4.72 Å². The average molecular weight is 252 g/mol. The van der Waals surface area contributed by atoms with Crippen LogP contribution < -0.4 is 9.46 Å². The summed E-state index contributed by atoms with van der Waals surface area (Å²) in [6, 6.07) is 6.69. The van der Waals surface area contributed by atoms with E-state index in [-0.39, 0.29) is 17.4 Å². The monoisotopic (exact) mass is 252 g/mol. The molecule has 5 nitrogen and oxygen atoms in total. The van der Waals surface area contributed by atoms with E-state index >= 15 is 0 Å². The number of nitrogens with zero attached hydrogens (tertiary/aromatic N) is 1. The van der Waals surface area contributed by atoms with Gasteiger partial charge in [0.25, 0.3) is 0 Å². The third-order valence-corrected chi connectivity index (χ3v) is 2.82. The molecule has 2 rings (SSSR count). The molecule has 0 aliphatic heterocycles. The fourth-order valence-corrected chi connectivity index (χ4v) is 1.93. The smallest absolute Gasteiger partial charge is 0.229 e. The van der Waals surface area contributed by atoms with Gasteiger partial charge in [0.05, 0.1) is 23.6 Å². The summed E-state index contributed by atoms with van der Waals surface area (Å²) < 4.78 is 30.1. The average Bonchev–Trinajstić information content (AvgIpc) is 3.00. The Hall–Kier alpha value is -1.74. The topological polar surface area (TPSA) is 79.2 Å². The van der Waals surface area contributed by atoms with Gasteiger partial charge in [-0.15, -0.1) is 0 Å². The number of benzene rings is 1. The zero-order chi connectivity index (χ0) is 12.5. The standard InChI is InChI=1S/C11H12N2O3S/c1-17(14,15)13-11-6-10(16-9-4-5-9)3-2-8(11)7-12/h2-3,6,9,13H,4-5H2,1H3. The Morgan fingerprint density at radius 1 is 1.47 bits per heavy atom. The summed E-state index contributed by atoms with van der Waals surface area (Å²) in [5.74, 6) is 0.581. The summed E-state index contributed by atoms with van der Waals surface area (Å²) in [7, 11) is -3.40. The Morgan fingerprint density at radius 3 is 2.71 bits per heavy atom. The van der Waals surface area contributed by atoms with Crippen molar-refractivity contribution >= 4 is 15.7 Å². The van der Waals surface area contributed by atoms with Gasteiger partial charge in [-0.3, -0.25) is 4.72 Å². The van der Waals surface area contributed by atoms with Crippen LogP contribution in [0.15, 0.2) is 18.2 Å². The van der Waals surface area contributed by atoms with E-state index in [0.717, 1.165) is 19.1 Å². The van der Waals surface area contributed by atoms with Crippen molar-refractivity contribution < 1.29 is 13.2 Å². The Kier molecular flexibility index (Phi) is 2.94. The van der Waals surface area contributed by atoms with Gasteiger partial charge in [0.2, 0.25) is 10.0 Å². The van der Waals surface area contributed by atoms with Crippen molar-refractivity contribution in [1.82, 2.24) is 0 Å². The molecule has 90 valence electrons. The molecule has 1 aliphatic rings. The maximum absolute atomic E-state index is 11.2. The van der Waals surface area contributed by atoms with Gasteiger partial charge in [-0.05, 0) is 25.0 Å². The molecule has 1 aromatic carbocycles. The fraction of sp³-hybridized carbons (Fsp3) is 0.364. The van der Waals surface area contributed by atoms with Crippen molar-refractivity contribution in [2.24, 2.45) is 0 Å². The van der Waals surface area contributed by atoms with Gasteiger partial charge >= 0.3 is 0 Å². The van der Waals surface area contributed by atoms with Crippen molar-refractivity contribution in [2.75, 3.05) is 11.0 Å². The van der Waals surface area contributed by atoms with Gasteiger partial charge in [-0.2, -0.15) is 5.26 Å². The molecule has 0 atom stereocenters. The molecule has 0 saturated heterocycles. The first-order valence-electron chi connectivity index (χ1n) is 5.16. The van der Waals surface area contributed by atoms with Gasteiger partial charge in [-0.1, -0.05) is 0 Å². The number of ether oxygens (including phenoxy) is 1. The minimum Gasteiger partial charge on any atom is -0.490 e. The third-order valence-electron chi connectivity index (χ3n) is 2.23. The number of hydrogen-bond acceptors (Lipinski definition) is 4. The molecule has 6 heteroatoms. The summed E-state index contributed by atoms with van der Waals surface area (Å²) in [6.07, 6.45) is 3.32. The molecule has 1 fully saturated rings. The van der Waals surface area contributed by atoms with Crippen LogP contribution in [0.2, 0.25) is 0 Å². The molecule has 0 spiro atoms. The van der Waals surface area contributed by atoms with Crippen LogP contribution in [0.5, 0.6) is 5.75 Å². The summed E-state index contributed by atoms with van der Waals surface area (Å²) in [5, 5.41) is 8.87. The van der Waals surface area contributed by atoms with Crippen LogP contribution in [-0.2, 0) is 10.0 Å². The lowest BCUT2D eigenvalue weighted by atomic mass is 10.2. The molecule has 0 amide bonds. The highest BCUT2D eigenvalue weighted by molar-refractivity contribution is 7.92. The van der Waals surface area contributed by atoms with E-state index in [4.69, 9.17) is 10.00 Å². The predicted molar refractivity (Wildman–Crippen MR) is 63.3 cm³/mol. The first kappa shape index (κ1) is 11.7. The third kappa shape index (κ3) is 3.36. The molecule has 1 aliphatic carbocycles. The van der Waals surface area contributed by atoms with E-state index in [1.165, 1.54) is 6.07 Å². The Balaban J connectivity index is 2.29. The summed E-state index contributed by atoms with van der Waals surface area (Å²) in [5.41, 5.74) is 0.534. The normalized spacial score (nSPS) is 15.1. The van der Waals surface area contributed by atoms with Gasteiger partial charge in [0, 0.05) is 6.07 Å². The van der Waals surface area contributed by atoms with Crippen LogP contribution in [0, 0.1) is 11.3 Å². The molecular weight excluding hydrogens is 240 g/mol. The maximum Gasteiger partial charge on any atom is 0.229 e. The molecule has 1 saturated carbocycles. The number of nitrogens with one attached hydrogen (secondary N) is 1. The van der Waals surface area contributed by atoms with E-state index in [9.17, 15) is 8.42 Å². The number of anilines is 1. The number of hydrogen-bond donors (Lipinski definition) is 1. The zero-order valence-corrected chi connectivity index (χ0v) is 10.1.